The van der Waals surface area contributed by atoms with E-state index >= 15 is 0 Å². The molecule has 1 aromatic carbocycles. The molecule has 1 rings (SSSR count). The molecule has 0 bridgehead atoms. The highest BCUT2D eigenvalue weighted by molar-refractivity contribution is 5.37. The van der Waals surface area contributed by atoms with Crippen molar-refractivity contribution in [2.24, 2.45) is 5.73 Å². The minimum atomic E-state index is -0.542. The molecule has 2 unspecified atom stereocenters. The summed E-state index contributed by atoms with van der Waals surface area (Å²) in [6.07, 6.45) is 1.06. The quantitative estimate of drug-likeness (QED) is 0.683. The highest BCUT2D eigenvalue weighted by Gasteiger charge is 2.21. The van der Waals surface area contributed by atoms with Crippen LogP contribution in [0.25, 0.3) is 0 Å². The molecule has 4 heteroatoms. The fraction of sp³-hybridized carbons (Fsp3) is 0.571. The van der Waals surface area contributed by atoms with Crippen molar-refractivity contribution in [3.8, 4) is 5.75 Å². The average molecular weight is 252 g/mol. The van der Waals surface area contributed by atoms with Gasteiger partial charge in [0.05, 0.1) is 13.2 Å². The van der Waals surface area contributed by atoms with E-state index < -0.39 is 6.10 Å². The molecule has 18 heavy (non-hydrogen) atoms. The lowest BCUT2D eigenvalue weighted by Crippen LogP contribution is -2.34. The van der Waals surface area contributed by atoms with Crippen LogP contribution in [0.4, 0.5) is 0 Å². The lowest BCUT2D eigenvalue weighted by Gasteiger charge is -2.24. The first-order valence-electron chi connectivity index (χ1n) is 6.40. The highest BCUT2D eigenvalue weighted by atomic mass is 16.5. The standard InChI is InChI=1S/C14H24N2O2/c1-4-10-9-11(18-3)5-6-12(10)14(17)13(16-2)7-8-15/h5-6,9,13-14,16-17H,4,7-8,15H2,1-3H3. The molecule has 0 saturated heterocycles. The number of nitrogens with two attached hydrogens (primary N) is 1. The van der Waals surface area contributed by atoms with Gasteiger partial charge in [0.25, 0.3) is 0 Å². The predicted octanol–water partition coefficient (Wildman–Crippen LogP) is 1.23. The molecule has 1 aromatic rings. The first kappa shape index (κ1) is 15.0. The minimum absolute atomic E-state index is 0.0197. The summed E-state index contributed by atoms with van der Waals surface area (Å²) in [4.78, 5) is 0. The third-order valence-corrected chi connectivity index (χ3v) is 3.28. The van der Waals surface area contributed by atoms with Gasteiger partial charge in [-0.3, -0.25) is 0 Å². The summed E-state index contributed by atoms with van der Waals surface area (Å²) < 4.78 is 5.21. The molecule has 0 heterocycles. The van der Waals surface area contributed by atoms with E-state index in [9.17, 15) is 5.11 Å². The van der Waals surface area contributed by atoms with E-state index in [0.29, 0.717) is 6.54 Å². The summed E-state index contributed by atoms with van der Waals surface area (Å²) in [5.41, 5.74) is 7.63. The molecule has 0 radical (unpaired) electrons. The maximum atomic E-state index is 10.4. The van der Waals surface area contributed by atoms with Crippen LogP contribution in [0.15, 0.2) is 18.2 Å². The van der Waals surface area contributed by atoms with Crippen LogP contribution in [0, 0.1) is 0 Å². The van der Waals surface area contributed by atoms with Gasteiger partial charge in [-0.15, -0.1) is 0 Å². The van der Waals surface area contributed by atoms with Crippen LogP contribution in [0.5, 0.6) is 5.75 Å². The summed E-state index contributed by atoms with van der Waals surface area (Å²) in [5.74, 6) is 0.822. The lowest BCUT2D eigenvalue weighted by molar-refractivity contribution is 0.128. The molecule has 0 aliphatic rings. The molecule has 4 nitrogen and oxygen atoms in total. The zero-order valence-electron chi connectivity index (χ0n) is 11.4. The summed E-state index contributed by atoms with van der Waals surface area (Å²) in [6, 6.07) is 5.78. The molecule has 0 aliphatic heterocycles. The number of methoxy groups -OCH3 is 1. The molecule has 0 aliphatic carbocycles. The van der Waals surface area contributed by atoms with Gasteiger partial charge in [-0.25, -0.2) is 0 Å². The Balaban J connectivity index is 2.99. The molecule has 102 valence electrons. The molecular formula is C14H24N2O2. The molecule has 0 spiro atoms. The second-order valence-corrected chi connectivity index (χ2v) is 4.34. The number of aryl methyl sites for hydroxylation is 1. The number of aliphatic hydroxyl groups is 1. The average Bonchev–Trinajstić information content (AvgIpc) is 2.43. The van der Waals surface area contributed by atoms with Crippen LogP contribution in [0.2, 0.25) is 0 Å². The number of benzene rings is 1. The van der Waals surface area contributed by atoms with Crippen molar-refractivity contribution < 1.29 is 9.84 Å². The van der Waals surface area contributed by atoms with Crippen molar-refractivity contribution in [3.63, 3.8) is 0 Å². The smallest absolute Gasteiger partial charge is 0.119 e. The third kappa shape index (κ3) is 3.45. The van der Waals surface area contributed by atoms with Gasteiger partial charge in [-0.2, -0.15) is 0 Å². The van der Waals surface area contributed by atoms with Gasteiger partial charge in [0.1, 0.15) is 5.75 Å². The van der Waals surface area contributed by atoms with Crippen LogP contribution >= 0.6 is 0 Å². The first-order chi connectivity index (χ1) is 8.67. The van der Waals surface area contributed by atoms with Crippen molar-refractivity contribution in [2.45, 2.75) is 31.9 Å². The summed E-state index contributed by atoms with van der Waals surface area (Å²) >= 11 is 0. The van der Waals surface area contributed by atoms with Gasteiger partial charge in [-0.05, 0) is 49.7 Å². The Labute approximate surface area is 109 Å². The van der Waals surface area contributed by atoms with E-state index in [2.05, 4.69) is 12.2 Å². The van der Waals surface area contributed by atoms with Gasteiger partial charge in [-0.1, -0.05) is 13.0 Å². The van der Waals surface area contributed by atoms with Crippen LogP contribution in [-0.4, -0.2) is 31.9 Å². The van der Waals surface area contributed by atoms with Crippen molar-refractivity contribution in [2.75, 3.05) is 20.7 Å². The van der Waals surface area contributed by atoms with Gasteiger partial charge in [0.2, 0.25) is 0 Å². The predicted molar refractivity (Wildman–Crippen MR) is 73.9 cm³/mol. The zero-order chi connectivity index (χ0) is 13.5. The van der Waals surface area contributed by atoms with E-state index in [1.165, 1.54) is 0 Å². The van der Waals surface area contributed by atoms with E-state index in [0.717, 1.165) is 29.7 Å². The molecular weight excluding hydrogens is 228 g/mol. The SMILES string of the molecule is CCc1cc(OC)ccc1C(O)C(CCN)NC. The summed E-state index contributed by atoms with van der Waals surface area (Å²) in [6.45, 7) is 2.63. The van der Waals surface area contributed by atoms with Crippen LogP contribution < -0.4 is 15.8 Å². The Morgan fingerprint density at radius 3 is 2.67 bits per heavy atom. The van der Waals surface area contributed by atoms with Crippen molar-refractivity contribution in [1.82, 2.24) is 5.32 Å². The van der Waals surface area contributed by atoms with E-state index in [1.807, 2.05) is 25.2 Å². The van der Waals surface area contributed by atoms with Crippen molar-refractivity contribution >= 4 is 0 Å². The first-order valence-corrected chi connectivity index (χ1v) is 6.40. The van der Waals surface area contributed by atoms with Gasteiger partial charge >= 0.3 is 0 Å². The number of ether oxygens (including phenoxy) is 1. The van der Waals surface area contributed by atoms with Crippen molar-refractivity contribution in [1.29, 1.82) is 0 Å². The van der Waals surface area contributed by atoms with E-state index in [4.69, 9.17) is 10.5 Å². The van der Waals surface area contributed by atoms with Gasteiger partial charge < -0.3 is 20.9 Å². The van der Waals surface area contributed by atoms with E-state index in [1.54, 1.807) is 7.11 Å². The maximum Gasteiger partial charge on any atom is 0.119 e. The number of nitrogens with one attached hydrogen (secondary N) is 1. The van der Waals surface area contributed by atoms with E-state index in [-0.39, 0.29) is 6.04 Å². The Bertz CT molecular complexity index is 369. The second-order valence-electron chi connectivity index (χ2n) is 4.34. The number of hydrogen-bond acceptors (Lipinski definition) is 4. The third-order valence-electron chi connectivity index (χ3n) is 3.28. The monoisotopic (exact) mass is 252 g/mol. The largest absolute Gasteiger partial charge is 0.497 e. The van der Waals surface area contributed by atoms with Crippen LogP contribution in [0.3, 0.4) is 0 Å². The topological polar surface area (TPSA) is 67.5 Å². The molecule has 0 amide bonds. The van der Waals surface area contributed by atoms with Crippen LogP contribution in [0.1, 0.15) is 30.6 Å². The normalized spacial score (nSPS) is 14.3. The Morgan fingerprint density at radius 1 is 1.44 bits per heavy atom. The fourth-order valence-electron chi connectivity index (χ4n) is 2.16. The summed E-state index contributed by atoms with van der Waals surface area (Å²) in [5, 5.41) is 13.5. The number of aliphatic hydroxyl groups excluding tert-OH is 1. The van der Waals surface area contributed by atoms with Crippen molar-refractivity contribution in [3.05, 3.63) is 29.3 Å². The molecule has 4 N–H and O–H groups in total. The van der Waals surface area contributed by atoms with Crippen LogP contribution in [-0.2, 0) is 6.42 Å². The number of rotatable bonds is 7. The fourth-order valence-corrected chi connectivity index (χ4v) is 2.16. The van der Waals surface area contributed by atoms with Gasteiger partial charge in [0, 0.05) is 6.04 Å². The Hall–Kier alpha value is -1.10. The van der Waals surface area contributed by atoms with Gasteiger partial charge in [0.15, 0.2) is 0 Å². The Morgan fingerprint density at radius 2 is 2.17 bits per heavy atom. The summed E-state index contributed by atoms with van der Waals surface area (Å²) in [7, 11) is 3.49. The highest BCUT2D eigenvalue weighted by Crippen LogP contribution is 2.26. The minimum Gasteiger partial charge on any atom is -0.497 e. The Kier molecular flexibility index (Phi) is 6.12. The molecule has 0 saturated carbocycles. The second kappa shape index (κ2) is 7.36. The molecule has 2 atom stereocenters. The number of hydrogen-bond donors (Lipinski definition) is 3. The zero-order valence-corrected chi connectivity index (χ0v) is 11.4. The molecule has 0 fully saturated rings. The molecule has 0 aromatic heterocycles. The number of likely N-dealkylation sites (N-methyl/N-ethyl adjacent to an activating group) is 1. The lowest BCUT2D eigenvalue weighted by atomic mass is 9.94. The maximum absolute atomic E-state index is 10.4.